The monoisotopic (exact) mass is 685 g/mol. The average Bonchev–Trinajstić information content (AvgIpc) is 3.78. The van der Waals surface area contributed by atoms with Crippen molar-refractivity contribution in [3.8, 4) is 33.4 Å². The Kier molecular flexibility index (Phi) is 7.26. The summed E-state index contributed by atoms with van der Waals surface area (Å²) in [7, 11) is 0. The third-order valence-corrected chi connectivity index (χ3v) is 12.2. The molecular weight excluding hydrogens is 655 g/mol. The van der Waals surface area contributed by atoms with Gasteiger partial charge in [-0.05, 0) is 81.9 Å². The maximum Gasteiger partial charge on any atom is 0.0640 e. The van der Waals surface area contributed by atoms with Crippen LogP contribution in [0.1, 0.15) is 0 Å². The van der Waals surface area contributed by atoms with Crippen molar-refractivity contribution in [2.24, 2.45) is 0 Å². The minimum absolute atomic E-state index is 1.12. The maximum atomic E-state index is 2.45. The molecule has 3 heteroatoms. The van der Waals surface area contributed by atoms with E-state index in [9.17, 15) is 0 Å². The molecule has 0 spiro atoms. The fourth-order valence-corrected chi connectivity index (χ4v) is 9.87. The van der Waals surface area contributed by atoms with Crippen molar-refractivity contribution in [2.75, 3.05) is 4.90 Å². The second-order valence-electron chi connectivity index (χ2n) is 12.9. The summed E-state index contributed by atoms with van der Waals surface area (Å²) in [6.07, 6.45) is 0. The van der Waals surface area contributed by atoms with E-state index < -0.39 is 0 Å². The van der Waals surface area contributed by atoms with Crippen molar-refractivity contribution in [3.05, 3.63) is 188 Å². The van der Waals surface area contributed by atoms with E-state index in [1.54, 1.807) is 0 Å². The van der Waals surface area contributed by atoms with E-state index >= 15 is 0 Å². The van der Waals surface area contributed by atoms with E-state index in [0.717, 1.165) is 11.4 Å². The van der Waals surface area contributed by atoms with E-state index in [-0.39, 0.29) is 0 Å². The summed E-state index contributed by atoms with van der Waals surface area (Å²) in [5, 5.41) is 5.23. The molecule has 0 bridgehead atoms. The lowest BCUT2D eigenvalue weighted by atomic mass is 9.91. The standard InChI is InChI=1S/C48H31NS2/c1-3-13-32(14-4-1)33-25-27-35(28-26-33)49(43-21-11-20-40-38-17-7-9-22-44(38)51-48(40)43)36-29-30-37(42(31-36)34-15-5-2-6-16-34)39-19-12-24-46-47(39)41-18-8-10-23-45(41)50-46/h1-31H. The van der Waals surface area contributed by atoms with Gasteiger partial charge < -0.3 is 4.90 Å². The summed E-state index contributed by atoms with van der Waals surface area (Å²) in [5.41, 5.74) is 10.8. The summed E-state index contributed by atoms with van der Waals surface area (Å²) >= 11 is 3.74. The molecule has 10 rings (SSSR count). The van der Waals surface area contributed by atoms with Crippen LogP contribution in [0.5, 0.6) is 0 Å². The Morgan fingerprint density at radius 3 is 1.71 bits per heavy atom. The normalized spacial score (nSPS) is 11.5. The number of hydrogen-bond donors (Lipinski definition) is 0. The first-order valence-electron chi connectivity index (χ1n) is 17.3. The van der Waals surface area contributed by atoms with Crippen LogP contribution >= 0.6 is 22.7 Å². The van der Waals surface area contributed by atoms with Crippen LogP contribution in [0.15, 0.2) is 188 Å². The number of rotatable bonds is 6. The molecule has 0 N–H and O–H groups in total. The molecule has 1 nitrogen and oxygen atoms in total. The molecular formula is C48H31NS2. The molecule has 240 valence electrons. The molecule has 2 aromatic heterocycles. The number of nitrogens with zero attached hydrogens (tertiary/aromatic N) is 1. The molecule has 0 radical (unpaired) electrons. The zero-order valence-electron chi connectivity index (χ0n) is 27.7. The van der Waals surface area contributed by atoms with Crippen molar-refractivity contribution < 1.29 is 0 Å². The summed E-state index contributed by atoms with van der Waals surface area (Å²) in [6, 6.07) is 68.6. The number of benzene rings is 8. The molecule has 8 aromatic carbocycles. The van der Waals surface area contributed by atoms with Gasteiger partial charge in [-0.25, -0.2) is 0 Å². The number of thiophene rings is 2. The minimum atomic E-state index is 1.12. The van der Waals surface area contributed by atoms with Crippen LogP contribution in [-0.2, 0) is 0 Å². The number of hydrogen-bond acceptors (Lipinski definition) is 3. The molecule has 2 heterocycles. The molecule has 0 saturated carbocycles. The highest BCUT2D eigenvalue weighted by Gasteiger charge is 2.21. The van der Waals surface area contributed by atoms with Crippen molar-refractivity contribution in [1.82, 2.24) is 0 Å². The Bertz CT molecular complexity index is 2850. The predicted octanol–water partition coefficient (Wildman–Crippen LogP) is 14.9. The molecule has 0 unspecified atom stereocenters. The lowest BCUT2D eigenvalue weighted by molar-refractivity contribution is 1.30. The Balaban J connectivity index is 1.22. The zero-order chi connectivity index (χ0) is 33.7. The highest BCUT2D eigenvalue weighted by molar-refractivity contribution is 7.26. The van der Waals surface area contributed by atoms with E-state index in [0.29, 0.717) is 0 Å². The third-order valence-electron chi connectivity index (χ3n) is 9.90. The fourth-order valence-electron chi connectivity index (χ4n) is 7.53. The molecule has 0 amide bonds. The SMILES string of the molecule is c1ccc(-c2ccc(N(c3ccc(-c4cccc5sc6ccccc6c45)c(-c4ccccc4)c3)c3cccc4c3sc3ccccc34)cc2)cc1. The minimum Gasteiger partial charge on any atom is -0.309 e. The highest BCUT2D eigenvalue weighted by atomic mass is 32.1. The van der Waals surface area contributed by atoms with Crippen LogP contribution in [-0.4, -0.2) is 0 Å². The third kappa shape index (κ3) is 5.13. The van der Waals surface area contributed by atoms with Gasteiger partial charge in [-0.1, -0.05) is 140 Å². The lowest BCUT2D eigenvalue weighted by Crippen LogP contribution is -2.10. The zero-order valence-corrected chi connectivity index (χ0v) is 29.3. The van der Waals surface area contributed by atoms with E-state index in [1.807, 2.05) is 22.7 Å². The molecule has 0 fully saturated rings. The average molecular weight is 686 g/mol. The van der Waals surface area contributed by atoms with E-state index in [4.69, 9.17) is 0 Å². The Morgan fingerprint density at radius 2 is 0.922 bits per heavy atom. The summed E-state index contributed by atoms with van der Waals surface area (Å²) < 4.78 is 5.22. The van der Waals surface area contributed by atoms with Gasteiger partial charge in [0.05, 0.1) is 10.4 Å². The van der Waals surface area contributed by atoms with E-state index in [1.165, 1.54) is 79.4 Å². The van der Waals surface area contributed by atoms with Gasteiger partial charge in [0.15, 0.2) is 0 Å². The molecule has 0 aliphatic heterocycles. The van der Waals surface area contributed by atoms with Gasteiger partial charge in [0, 0.05) is 47.0 Å². The predicted molar refractivity (Wildman–Crippen MR) is 223 cm³/mol. The van der Waals surface area contributed by atoms with Crippen LogP contribution in [0.4, 0.5) is 17.1 Å². The van der Waals surface area contributed by atoms with Crippen molar-refractivity contribution in [1.29, 1.82) is 0 Å². The second kappa shape index (κ2) is 12.4. The first-order chi connectivity index (χ1) is 25.3. The number of anilines is 3. The van der Waals surface area contributed by atoms with Gasteiger partial charge in [0.2, 0.25) is 0 Å². The molecule has 51 heavy (non-hydrogen) atoms. The summed E-state index contributed by atoms with van der Waals surface area (Å²) in [4.78, 5) is 2.45. The van der Waals surface area contributed by atoms with Gasteiger partial charge >= 0.3 is 0 Å². The van der Waals surface area contributed by atoms with Crippen LogP contribution < -0.4 is 4.90 Å². The molecule has 10 aromatic rings. The number of fused-ring (bicyclic) bond motifs is 6. The Morgan fingerprint density at radius 1 is 0.333 bits per heavy atom. The Labute approximate surface area is 304 Å². The molecule has 0 aliphatic rings. The van der Waals surface area contributed by atoms with Crippen LogP contribution in [0.3, 0.4) is 0 Å². The largest absolute Gasteiger partial charge is 0.309 e. The van der Waals surface area contributed by atoms with E-state index in [2.05, 4.69) is 193 Å². The van der Waals surface area contributed by atoms with Gasteiger partial charge in [-0.15, -0.1) is 22.7 Å². The van der Waals surface area contributed by atoms with Crippen molar-refractivity contribution in [3.63, 3.8) is 0 Å². The summed E-state index contributed by atoms with van der Waals surface area (Å²) in [5.74, 6) is 0. The van der Waals surface area contributed by atoms with Crippen molar-refractivity contribution >= 4 is 80.1 Å². The molecule has 0 saturated heterocycles. The topological polar surface area (TPSA) is 3.24 Å². The smallest absolute Gasteiger partial charge is 0.0640 e. The highest BCUT2D eigenvalue weighted by Crippen LogP contribution is 2.48. The Hall–Kier alpha value is -6.00. The molecule has 0 aliphatic carbocycles. The lowest BCUT2D eigenvalue weighted by Gasteiger charge is -2.27. The van der Waals surface area contributed by atoms with Crippen LogP contribution in [0.25, 0.3) is 73.7 Å². The van der Waals surface area contributed by atoms with Crippen LogP contribution in [0.2, 0.25) is 0 Å². The van der Waals surface area contributed by atoms with Gasteiger partial charge in [0.25, 0.3) is 0 Å². The first kappa shape index (κ1) is 29.9. The van der Waals surface area contributed by atoms with Crippen molar-refractivity contribution in [2.45, 2.75) is 0 Å². The summed E-state index contributed by atoms with van der Waals surface area (Å²) in [6.45, 7) is 0. The van der Waals surface area contributed by atoms with Gasteiger partial charge in [-0.3, -0.25) is 0 Å². The van der Waals surface area contributed by atoms with Crippen LogP contribution in [0, 0.1) is 0 Å². The van der Waals surface area contributed by atoms with Gasteiger partial charge in [0.1, 0.15) is 0 Å². The van der Waals surface area contributed by atoms with Gasteiger partial charge in [-0.2, -0.15) is 0 Å². The quantitative estimate of drug-likeness (QED) is 0.168. The first-order valence-corrected chi connectivity index (χ1v) is 18.9. The fraction of sp³-hybridized carbons (Fsp3) is 0. The second-order valence-corrected chi connectivity index (χ2v) is 15.0. The molecule has 0 atom stereocenters. The maximum absolute atomic E-state index is 2.45.